The Labute approximate surface area is 239 Å². The first-order chi connectivity index (χ1) is 18.2. The molecule has 4 rings (SSSR count). The lowest BCUT2D eigenvalue weighted by Crippen LogP contribution is -2.61. The van der Waals surface area contributed by atoms with Crippen LogP contribution in [0.2, 0.25) is 0 Å². The van der Waals surface area contributed by atoms with Crippen molar-refractivity contribution in [2.75, 3.05) is 26.2 Å². The molecule has 218 valence electrons. The molecule has 0 aromatic heterocycles. The van der Waals surface area contributed by atoms with Gasteiger partial charge in [-0.05, 0) is 38.0 Å². The van der Waals surface area contributed by atoms with Crippen LogP contribution in [-0.4, -0.2) is 91.4 Å². The van der Waals surface area contributed by atoms with E-state index in [4.69, 9.17) is 0 Å². The Kier molecular flexibility index (Phi) is 8.42. The molecule has 39 heavy (non-hydrogen) atoms. The van der Waals surface area contributed by atoms with Crippen molar-refractivity contribution < 1.29 is 19.5 Å². The van der Waals surface area contributed by atoms with Gasteiger partial charge >= 0.3 is 0 Å². The molecule has 3 amide bonds. The van der Waals surface area contributed by atoms with Crippen molar-refractivity contribution in [2.45, 2.75) is 102 Å². The van der Waals surface area contributed by atoms with Crippen LogP contribution in [0.25, 0.3) is 0 Å². The number of aliphatic hydroxyl groups excluding tert-OH is 1. The molecule has 4 aliphatic heterocycles. The molecule has 4 heterocycles. The molecule has 0 bridgehead atoms. The van der Waals surface area contributed by atoms with Crippen molar-refractivity contribution in [1.82, 2.24) is 14.7 Å². The third-order valence-corrected chi connectivity index (χ3v) is 11.0. The van der Waals surface area contributed by atoms with Gasteiger partial charge in [-0.2, -0.15) is 0 Å². The van der Waals surface area contributed by atoms with E-state index in [0.29, 0.717) is 19.6 Å². The van der Waals surface area contributed by atoms with Crippen LogP contribution in [-0.2, 0) is 14.4 Å². The smallest absolute Gasteiger partial charge is 0.247 e. The molecule has 0 saturated carbocycles. The van der Waals surface area contributed by atoms with Crippen molar-refractivity contribution >= 4 is 29.5 Å². The number of hydrogen-bond acceptors (Lipinski definition) is 5. The van der Waals surface area contributed by atoms with E-state index in [2.05, 4.69) is 65.8 Å². The number of hydrogen-bond donors (Lipinski definition) is 1. The maximum absolute atomic E-state index is 14.8. The van der Waals surface area contributed by atoms with Gasteiger partial charge in [-0.1, -0.05) is 72.3 Å². The molecule has 2 fully saturated rings. The molecular formula is C31H49N3O4S. The van der Waals surface area contributed by atoms with E-state index < -0.39 is 34.2 Å². The summed E-state index contributed by atoms with van der Waals surface area (Å²) in [6.07, 6.45) is 10.7. The lowest BCUT2D eigenvalue weighted by atomic mass is 9.77. The zero-order chi connectivity index (χ0) is 28.9. The molecule has 1 N–H and O–H groups in total. The van der Waals surface area contributed by atoms with E-state index in [-0.39, 0.29) is 40.9 Å². The van der Waals surface area contributed by atoms with Gasteiger partial charge in [0.15, 0.2) is 0 Å². The minimum atomic E-state index is -0.855. The van der Waals surface area contributed by atoms with Gasteiger partial charge < -0.3 is 19.8 Å². The molecular weight excluding hydrogens is 510 g/mol. The minimum absolute atomic E-state index is 0.00478. The Hall–Kier alpha value is -1.80. The zero-order valence-corrected chi connectivity index (χ0v) is 26.0. The summed E-state index contributed by atoms with van der Waals surface area (Å²) in [6.45, 7) is 18.4. The highest BCUT2D eigenvalue weighted by Gasteiger charge is 2.72. The molecule has 2 saturated heterocycles. The van der Waals surface area contributed by atoms with E-state index in [9.17, 15) is 19.5 Å². The van der Waals surface area contributed by atoms with E-state index in [1.54, 1.807) is 16.7 Å². The SMILES string of the molecule is CCCN1CC=C[C@H]2S[C@]34C=CCN(C(C)(C)CC(C)(C)C)C(=O)C3N([C@@H](CO)[C@@H](C)CC)C(=O)[C@@H]4[C@H]2C1=O. The monoisotopic (exact) mass is 559 g/mol. The Balaban J connectivity index is 1.86. The number of carbonyl (C=O) groups is 3. The summed E-state index contributed by atoms with van der Waals surface area (Å²) in [4.78, 5) is 48.9. The maximum atomic E-state index is 14.8. The minimum Gasteiger partial charge on any atom is -0.394 e. The van der Waals surface area contributed by atoms with Gasteiger partial charge in [0, 0.05) is 30.4 Å². The zero-order valence-electron chi connectivity index (χ0n) is 25.1. The van der Waals surface area contributed by atoms with Crippen molar-refractivity contribution in [3.63, 3.8) is 0 Å². The number of fused-ring (bicyclic) bond motifs is 2. The summed E-state index contributed by atoms with van der Waals surface area (Å²) in [5.74, 6) is -1.38. The molecule has 0 aromatic carbocycles. The quantitative estimate of drug-likeness (QED) is 0.453. The summed E-state index contributed by atoms with van der Waals surface area (Å²) in [6, 6.07) is -1.25. The second-order valence-electron chi connectivity index (χ2n) is 13.8. The van der Waals surface area contributed by atoms with Gasteiger partial charge in [0.05, 0.1) is 29.2 Å². The fraction of sp³-hybridized carbons (Fsp3) is 0.774. The number of thioether (sulfide) groups is 1. The Morgan fingerprint density at radius 3 is 2.33 bits per heavy atom. The number of rotatable bonds is 8. The largest absolute Gasteiger partial charge is 0.394 e. The van der Waals surface area contributed by atoms with Crippen molar-refractivity contribution in [1.29, 1.82) is 0 Å². The molecule has 1 unspecified atom stereocenters. The molecule has 0 radical (unpaired) electrons. The van der Waals surface area contributed by atoms with Crippen LogP contribution >= 0.6 is 11.8 Å². The van der Waals surface area contributed by atoms with Crippen LogP contribution in [0.15, 0.2) is 24.3 Å². The molecule has 7 atom stereocenters. The van der Waals surface area contributed by atoms with Gasteiger partial charge in [-0.3, -0.25) is 14.4 Å². The topological polar surface area (TPSA) is 81.2 Å². The Morgan fingerprint density at radius 2 is 1.74 bits per heavy atom. The molecule has 7 nitrogen and oxygen atoms in total. The summed E-state index contributed by atoms with van der Waals surface area (Å²) >= 11 is 1.62. The van der Waals surface area contributed by atoms with Crippen LogP contribution in [0.3, 0.4) is 0 Å². The fourth-order valence-corrected chi connectivity index (χ4v) is 9.70. The van der Waals surface area contributed by atoms with E-state index >= 15 is 0 Å². The van der Waals surface area contributed by atoms with Gasteiger partial charge in [0.2, 0.25) is 17.7 Å². The predicted molar refractivity (Wildman–Crippen MR) is 157 cm³/mol. The van der Waals surface area contributed by atoms with E-state index in [1.165, 1.54) is 0 Å². The first-order valence-corrected chi connectivity index (χ1v) is 15.7. The lowest BCUT2D eigenvalue weighted by Gasteiger charge is -2.46. The summed E-state index contributed by atoms with van der Waals surface area (Å²) in [5.41, 5.74) is -0.435. The standard InChI is InChI=1S/C31H49N3O4S/c1-9-15-32-16-11-13-22-23(26(32)36)24-27(37)34(21(18-35)20(3)10-2)25-28(38)33(17-12-14-31(24,25)39-22)30(7,8)19-29(4,5)6/h11-14,20-25,35H,9-10,15-19H2,1-8H3/t20-,21-,22+,23-,24-,25?,31-/m0/s1. The molecule has 0 aliphatic carbocycles. The summed E-state index contributed by atoms with van der Waals surface area (Å²) in [7, 11) is 0. The highest BCUT2D eigenvalue weighted by Crippen LogP contribution is 2.62. The lowest BCUT2D eigenvalue weighted by molar-refractivity contribution is -0.150. The Bertz CT molecular complexity index is 1030. The predicted octanol–water partition coefficient (Wildman–Crippen LogP) is 4.11. The van der Waals surface area contributed by atoms with Crippen LogP contribution in [0.4, 0.5) is 0 Å². The van der Waals surface area contributed by atoms with Gasteiger partial charge in [0.1, 0.15) is 6.04 Å². The fourth-order valence-electron chi connectivity index (χ4n) is 7.71. The summed E-state index contributed by atoms with van der Waals surface area (Å²) in [5, 5.41) is 10.4. The van der Waals surface area contributed by atoms with Gasteiger partial charge in [-0.25, -0.2) is 0 Å². The average molecular weight is 560 g/mol. The molecule has 8 heteroatoms. The Morgan fingerprint density at radius 1 is 1.05 bits per heavy atom. The van der Waals surface area contributed by atoms with Gasteiger partial charge in [0.25, 0.3) is 0 Å². The maximum Gasteiger partial charge on any atom is 0.247 e. The second-order valence-corrected chi connectivity index (χ2v) is 15.3. The molecule has 4 aliphatic rings. The first kappa shape index (κ1) is 30.2. The number of aliphatic hydroxyl groups is 1. The van der Waals surface area contributed by atoms with Crippen LogP contribution in [0.5, 0.6) is 0 Å². The van der Waals surface area contributed by atoms with Crippen LogP contribution < -0.4 is 0 Å². The van der Waals surface area contributed by atoms with Crippen LogP contribution in [0, 0.1) is 23.2 Å². The molecule has 1 spiro atoms. The third-order valence-electron chi connectivity index (χ3n) is 9.21. The highest BCUT2D eigenvalue weighted by molar-refractivity contribution is 8.02. The summed E-state index contributed by atoms with van der Waals surface area (Å²) < 4.78 is -0.855. The highest BCUT2D eigenvalue weighted by atomic mass is 32.2. The van der Waals surface area contributed by atoms with E-state index in [0.717, 1.165) is 19.3 Å². The first-order valence-electron chi connectivity index (χ1n) is 14.8. The van der Waals surface area contributed by atoms with Crippen LogP contribution in [0.1, 0.15) is 74.7 Å². The number of carbonyl (C=O) groups excluding carboxylic acids is 3. The number of nitrogens with zero attached hydrogens (tertiary/aromatic N) is 3. The average Bonchev–Trinajstić information content (AvgIpc) is 3.15. The number of likely N-dealkylation sites (tertiary alicyclic amines) is 1. The molecule has 0 aromatic rings. The van der Waals surface area contributed by atoms with Crippen molar-refractivity contribution in [2.24, 2.45) is 23.2 Å². The van der Waals surface area contributed by atoms with E-state index in [1.807, 2.05) is 23.6 Å². The third kappa shape index (κ3) is 5.09. The second kappa shape index (κ2) is 10.9. The van der Waals surface area contributed by atoms with Gasteiger partial charge in [-0.15, -0.1) is 11.8 Å². The van der Waals surface area contributed by atoms with Crippen molar-refractivity contribution in [3.05, 3.63) is 24.3 Å². The normalized spacial score (nSPS) is 32.6. The van der Waals surface area contributed by atoms with Crippen molar-refractivity contribution in [3.8, 4) is 0 Å². The number of amides is 3.